The normalized spacial score (nSPS) is 10.6. The molecule has 0 fully saturated rings. The smallest absolute Gasteiger partial charge is 0.323 e. The fraction of sp³-hybridized carbons (Fsp3) is 0.0625. The quantitative estimate of drug-likeness (QED) is 0.749. The summed E-state index contributed by atoms with van der Waals surface area (Å²) in [5, 5.41) is 5.99. The predicted molar refractivity (Wildman–Crippen MR) is 88.2 cm³/mol. The highest BCUT2D eigenvalue weighted by molar-refractivity contribution is 6.30. The maximum Gasteiger partial charge on any atom is 0.323 e. The zero-order valence-electron chi connectivity index (χ0n) is 11.6. The Kier molecular flexibility index (Phi) is 4.85. The Morgan fingerprint density at radius 1 is 1.19 bits per heavy atom. The number of anilines is 2. The summed E-state index contributed by atoms with van der Waals surface area (Å²) in [4.78, 5) is 11.8. The molecule has 21 heavy (non-hydrogen) atoms. The predicted octanol–water partition coefficient (Wildman–Crippen LogP) is 4.02. The summed E-state index contributed by atoms with van der Waals surface area (Å²) in [6, 6.07) is 12.4. The Morgan fingerprint density at radius 2 is 1.90 bits per heavy atom. The van der Waals surface area contributed by atoms with Gasteiger partial charge in [0.1, 0.15) is 0 Å². The van der Waals surface area contributed by atoms with E-state index < -0.39 is 0 Å². The first-order chi connectivity index (χ1) is 10.0. The van der Waals surface area contributed by atoms with Gasteiger partial charge in [0.2, 0.25) is 0 Å². The molecule has 0 aliphatic rings. The van der Waals surface area contributed by atoms with Gasteiger partial charge in [-0.2, -0.15) is 0 Å². The first-order valence-corrected chi connectivity index (χ1v) is 6.78. The van der Waals surface area contributed by atoms with Gasteiger partial charge in [-0.25, -0.2) is 4.79 Å². The zero-order chi connectivity index (χ0) is 15.2. The summed E-state index contributed by atoms with van der Waals surface area (Å²) in [6.45, 7) is 1.93. The van der Waals surface area contributed by atoms with Crippen molar-refractivity contribution >= 4 is 35.1 Å². The van der Waals surface area contributed by atoms with Crippen molar-refractivity contribution in [2.75, 3.05) is 11.1 Å². The number of aryl methyl sites for hydroxylation is 1. The Bertz CT molecular complexity index is 666. The minimum absolute atomic E-state index is 0.350. The van der Waals surface area contributed by atoms with Gasteiger partial charge in [-0.3, -0.25) is 0 Å². The molecule has 0 heterocycles. The third-order valence-electron chi connectivity index (χ3n) is 2.82. The molecule has 0 aliphatic carbocycles. The second-order valence-electron chi connectivity index (χ2n) is 4.57. The van der Waals surface area contributed by atoms with Crippen LogP contribution in [0.25, 0.3) is 6.08 Å². The Hall–Kier alpha value is -2.46. The number of nitrogen functional groups attached to an aromatic ring is 1. The number of halogens is 1. The summed E-state index contributed by atoms with van der Waals surface area (Å²) in [6.07, 6.45) is 3.33. The average Bonchev–Trinajstić information content (AvgIpc) is 2.45. The van der Waals surface area contributed by atoms with Crippen molar-refractivity contribution in [1.82, 2.24) is 5.32 Å². The number of carbonyl (C=O) groups is 1. The van der Waals surface area contributed by atoms with Crippen molar-refractivity contribution in [3.63, 3.8) is 0 Å². The van der Waals surface area contributed by atoms with Gasteiger partial charge in [0.05, 0.1) is 11.4 Å². The molecule has 0 saturated carbocycles. The number of nitrogens with one attached hydrogen (secondary N) is 2. The number of hydrogen-bond acceptors (Lipinski definition) is 2. The second-order valence-corrected chi connectivity index (χ2v) is 5.01. The SMILES string of the molecule is Cc1ccc(N)c(NC(=O)N/C=C/c2ccc(Cl)cc2)c1. The molecule has 0 aromatic heterocycles. The van der Waals surface area contributed by atoms with Crippen LogP contribution in [0.2, 0.25) is 5.02 Å². The number of amides is 2. The van der Waals surface area contributed by atoms with Crippen LogP contribution in [0, 0.1) is 6.92 Å². The fourth-order valence-electron chi connectivity index (χ4n) is 1.72. The van der Waals surface area contributed by atoms with E-state index in [4.69, 9.17) is 17.3 Å². The Balaban J connectivity index is 1.93. The highest BCUT2D eigenvalue weighted by atomic mass is 35.5. The van der Waals surface area contributed by atoms with Crippen LogP contribution in [0.1, 0.15) is 11.1 Å². The molecule has 0 bridgehead atoms. The minimum atomic E-state index is -0.350. The van der Waals surface area contributed by atoms with E-state index in [1.54, 1.807) is 30.5 Å². The maximum absolute atomic E-state index is 11.8. The van der Waals surface area contributed by atoms with Crippen molar-refractivity contribution in [2.45, 2.75) is 6.92 Å². The van der Waals surface area contributed by atoms with Crippen LogP contribution in [0.4, 0.5) is 16.2 Å². The lowest BCUT2D eigenvalue weighted by Gasteiger charge is -2.08. The topological polar surface area (TPSA) is 67.1 Å². The van der Waals surface area contributed by atoms with Gasteiger partial charge in [-0.15, -0.1) is 0 Å². The van der Waals surface area contributed by atoms with Gasteiger partial charge >= 0.3 is 6.03 Å². The van der Waals surface area contributed by atoms with E-state index in [-0.39, 0.29) is 6.03 Å². The molecule has 4 N–H and O–H groups in total. The lowest BCUT2D eigenvalue weighted by Crippen LogP contribution is -2.24. The maximum atomic E-state index is 11.8. The monoisotopic (exact) mass is 301 g/mol. The van der Waals surface area contributed by atoms with Gasteiger partial charge in [-0.1, -0.05) is 29.8 Å². The summed E-state index contributed by atoms with van der Waals surface area (Å²) < 4.78 is 0. The van der Waals surface area contributed by atoms with Crippen LogP contribution in [0.3, 0.4) is 0 Å². The average molecular weight is 302 g/mol. The molecule has 2 aromatic carbocycles. The molecule has 0 spiro atoms. The van der Waals surface area contributed by atoms with Gasteiger partial charge < -0.3 is 16.4 Å². The van der Waals surface area contributed by atoms with Crippen molar-refractivity contribution < 1.29 is 4.79 Å². The number of carbonyl (C=O) groups excluding carboxylic acids is 1. The van der Waals surface area contributed by atoms with E-state index in [2.05, 4.69) is 10.6 Å². The van der Waals surface area contributed by atoms with E-state index in [0.717, 1.165) is 11.1 Å². The van der Waals surface area contributed by atoms with Crippen LogP contribution >= 0.6 is 11.6 Å². The second kappa shape index (κ2) is 6.81. The first-order valence-electron chi connectivity index (χ1n) is 6.40. The van der Waals surface area contributed by atoms with Gasteiger partial charge in [-0.05, 0) is 48.4 Å². The molecule has 2 rings (SSSR count). The standard InChI is InChI=1S/C16H16ClN3O/c1-11-2-7-14(18)15(10-11)20-16(21)19-9-8-12-3-5-13(17)6-4-12/h2-10H,18H2,1H3,(H2,19,20,21)/b9-8+. The lowest BCUT2D eigenvalue weighted by atomic mass is 10.2. The number of nitrogens with two attached hydrogens (primary N) is 1. The van der Waals surface area contributed by atoms with Crippen LogP contribution < -0.4 is 16.4 Å². The van der Waals surface area contributed by atoms with Gasteiger partial charge in [0.15, 0.2) is 0 Å². The Morgan fingerprint density at radius 3 is 2.62 bits per heavy atom. The summed E-state index contributed by atoms with van der Waals surface area (Å²) in [7, 11) is 0. The largest absolute Gasteiger partial charge is 0.397 e. The summed E-state index contributed by atoms with van der Waals surface area (Å²) in [5.41, 5.74) is 8.88. The fourth-order valence-corrected chi connectivity index (χ4v) is 1.85. The molecule has 0 aliphatic heterocycles. The molecule has 108 valence electrons. The number of benzene rings is 2. The van der Waals surface area contributed by atoms with Crippen molar-refractivity contribution in [1.29, 1.82) is 0 Å². The van der Waals surface area contributed by atoms with E-state index in [1.807, 2.05) is 31.2 Å². The van der Waals surface area contributed by atoms with Crippen LogP contribution in [0.5, 0.6) is 0 Å². The van der Waals surface area contributed by atoms with E-state index in [0.29, 0.717) is 16.4 Å². The molecule has 4 nitrogen and oxygen atoms in total. The molecular weight excluding hydrogens is 286 g/mol. The van der Waals surface area contributed by atoms with E-state index in [9.17, 15) is 4.79 Å². The Labute approximate surface area is 128 Å². The molecule has 0 unspecified atom stereocenters. The van der Waals surface area contributed by atoms with E-state index >= 15 is 0 Å². The van der Waals surface area contributed by atoms with Crippen LogP contribution in [-0.4, -0.2) is 6.03 Å². The number of urea groups is 1. The highest BCUT2D eigenvalue weighted by Crippen LogP contribution is 2.19. The molecule has 2 aromatic rings. The zero-order valence-corrected chi connectivity index (χ0v) is 12.3. The first kappa shape index (κ1) is 14.9. The summed E-state index contributed by atoms with van der Waals surface area (Å²) >= 11 is 5.80. The molecule has 5 heteroatoms. The molecule has 0 atom stereocenters. The van der Waals surface area contributed by atoms with Crippen molar-refractivity contribution in [2.24, 2.45) is 0 Å². The molecular formula is C16H16ClN3O. The summed E-state index contributed by atoms with van der Waals surface area (Å²) in [5.74, 6) is 0. The number of rotatable bonds is 3. The molecule has 2 amide bonds. The lowest BCUT2D eigenvalue weighted by molar-refractivity contribution is 0.255. The van der Waals surface area contributed by atoms with Crippen molar-refractivity contribution in [3.05, 3.63) is 64.8 Å². The number of hydrogen-bond donors (Lipinski definition) is 3. The molecule has 0 radical (unpaired) electrons. The minimum Gasteiger partial charge on any atom is -0.397 e. The van der Waals surface area contributed by atoms with Gasteiger partial charge in [0.25, 0.3) is 0 Å². The van der Waals surface area contributed by atoms with Crippen LogP contribution in [-0.2, 0) is 0 Å². The van der Waals surface area contributed by atoms with Crippen molar-refractivity contribution in [3.8, 4) is 0 Å². The highest BCUT2D eigenvalue weighted by Gasteiger charge is 2.03. The third kappa shape index (κ3) is 4.54. The van der Waals surface area contributed by atoms with Gasteiger partial charge in [0, 0.05) is 11.2 Å². The van der Waals surface area contributed by atoms with E-state index in [1.165, 1.54) is 0 Å². The molecule has 0 saturated heterocycles. The third-order valence-corrected chi connectivity index (χ3v) is 3.07. The van der Waals surface area contributed by atoms with Crippen LogP contribution in [0.15, 0.2) is 48.7 Å².